The monoisotopic (exact) mass is 383 g/mol. The van der Waals surface area contributed by atoms with E-state index in [4.69, 9.17) is 13.1 Å². The first kappa shape index (κ1) is 17.7. The maximum atomic E-state index is 9.35. The number of nitriles is 4. The van der Waals surface area contributed by atoms with E-state index >= 15 is 0 Å². The largest absolute Gasteiger partial charge is 0.358 e. The highest BCUT2D eigenvalue weighted by Crippen LogP contribution is 2.34. The number of rotatable bonds is 0. The highest BCUT2D eigenvalue weighted by Gasteiger charge is 2.25. The third-order valence-electron chi connectivity index (χ3n) is 4.13. The Kier molecular flexibility index (Phi) is 3.79. The quantitative estimate of drug-likeness (QED) is 0.327. The molecule has 11 heteroatoms. The molecule has 0 saturated carbocycles. The van der Waals surface area contributed by atoms with E-state index in [2.05, 4.69) is 34.6 Å². The van der Waals surface area contributed by atoms with E-state index in [1.165, 1.54) is 6.07 Å². The molecule has 0 N–H and O–H groups in total. The molecule has 0 aliphatic rings. The van der Waals surface area contributed by atoms with Crippen LogP contribution in [0.25, 0.3) is 42.7 Å². The number of pyridine rings is 1. The molecular formula is C19HN11. The Hall–Kier alpha value is -5.75. The molecule has 0 saturated heterocycles. The van der Waals surface area contributed by atoms with Gasteiger partial charge < -0.3 is 9.69 Å². The second-order valence-corrected chi connectivity index (χ2v) is 5.64. The van der Waals surface area contributed by atoms with Gasteiger partial charge in [-0.3, -0.25) is 0 Å². The summed E-state index contributed by atoms with van der Waals surface area (Å²) in [6, 6.07) is 8.62. The zero-order valence-electron chi connectivity index (χ0n) is 14.5. The molecule has 3 heterocycles. The van der Waals surface area contributed by atoms with Crippen LogP contribution in [0.15, 0.2) is 6.07 Å². The van der Waals surface area contributed by atoms with Gasteiger partial charge in [0.2, 0.25) is 11.0 Å². The van der Waals surface area contributed by atoms with Gasteiger partial charge in [0.15, 0.2) is 17.1 Å². The van der Waals surface area contributed by atoms with Crippen molar-refractivity contribution in [2.75, 3.05) is 0 Å². The summed E-state index contributed by atoms with van der Waals surface area (Å²) in [6.07, 6.45) is 0. The Balaban J connectivity index is 2.42. The van der Waals surface area contributed by atoms with Gasteiger partial charge in [0, 0.05) is 5.39 Å². The molecule has 30 heavy (non-hydrogen) atoms. The first-order valence-corrected chi connectivity index (χ1v) is 7.85. The molecule has 4 rings (SSSR count). The number of hydrogen-bond acceptors (Lipinski definition) is 9. The van der Waals surface area contributed by atoms with Crippen LogP contribution >= 0.6 is 0 Å². The maximum absolute atomic E-state index is 9.35. The number of fused-ring (bicyclic) bond motifs is 6. The number of aromatic nitrogens is 5. The molecule has 0 bridgehead atoms. The fourth-order valence-electron chi connectivity index (χ4n) is 2.89. The average Bonchev–Trinajstić information content (AvgIpc) is 2.81. The molecule has 0 radical (unpaired) electrons. The van der Waals surface area contributed by atoms with E-state index in [1.54, 1.807) is 12.1 Å². The van der Waals surface area contributed by atoms with Crippen molar-refractivity contribution in [2.45, 2.75) is 0 Å². The lowest BCUT2D eigenvalue weighted by atomic mass is 10.1. The summed E-state index contributed by atoms with van der Waals surface area (Å²) in [4.78, 5) is 27.3. The summed E-state index contributed by atoms with van der Waals surface area (Å²) in [5.74, 6) is -0.557. The minimum atomic E-state index is -0.282. The molecule has 0 spiro atoms. The lowest BCUT2D eigenvalue weighted by Gasteiger charge is -2.07. The molecule has 11 nitrogen and oxygen atoms in total. The van der Waals surface area contributed by atoms with Crippen LogP contribution in [0.2, 0.25) is 0 Å². The van der Waals surface area contributed by atoms with E-state index in [0.717, 1.165) is 0 Å². The van der Waals surface area contributed by atoms with Gasteiger partial charge >= 0.3 is 11.6 Å². The summed E-state index contributed by atoms with van der Waals surface area (Å²) < 4.78 is 0. The van der Waals surface area contributed by atoms with Crippen molar-refractivity contribution in [1.29, 1.82) is 21.0 Å². The van der Waals surface area contributed by atoms with Crippen LogP contribution in [-0.2, 0) is 0 Å². The molecule has 0 amide bonds. The van der Waals surface area contributed by atoms with Crippen molar-refractivity contribution in [3.63, 3.8) is 0 Å². The third-order valence-corrected chi connectivity index (χ3v) is 4.13. The SMILES string of the molecule is [C-]#[N+]c1nc2c(nc1C#N)c1cc(C#N)c(C#N)nc1c1nc(C#N)c([N+]#[C-])nc12. The van der Waals surface area contributed by atoms with Gasteiger partial charge in [-0.15, -0.1) is 9.97 Å². The van der Waals surface area contributed by atoms with Crippen LogP contribution in [0.4, 0.5) is 11.6 Å². The molecule has 1 aromatic carbocycles. The third kappa shape index (κ3) is 2.29. The van der Waals surface area contributed by atoms with Gasteiger partial charge in [0.1, 0.15) is 40.8 Å². The van der Waals surface area contributed by atoms with Gasteiger partial charge in [-0.05, 0) is 6.07 Å². The van der Waals surface area contributed by atoms with Crippen LogP contribution < -0.4 is 0 Å². The average molecular weight is 383 g/mol. The van der Waals surface area contributed by atoms with Crippen molar-refractivity contribution >= 4 is 44.6 Å². The van der Waals surface area contributed by atoms with Crippen LogP contribution in [0.1, 0.15) is 22.6 Å². The standard InChI is InChI=1S/C19HN11/c1-24-18-11(6-22)27-14-9-3-8(4-20)10(5-21)26-13(9)15-17(16(14)29-18)30-19(25-2)12(7-23)28-15/h3H. The fraction of sp³-hybridized carbons (Fsp3) is 0. The smallest absolute Gasteiger partial charge is 0.307 e. The summed E-state index contributed by atoms with van der Waals surface area (Å²) >= 11 is 0. The number of nitrogens with zero attached hydrogens (tertiary/aromatic N) is 11. The van der Waals surface area contributed by atoms with Crippen molar-refractivity contribution in [1.82, 2.24) is 24.9 Å². The fourth-order valence-corrected chi connectivity index (χ4v) is 2.89. The second-order valence-electron chi connectivity index (χ2n) is 5.64. The lowest BCUT2D eigenvalue weighted by Crippen LogP contribution is -2.00. The zero-order chi connectivity index (χ0) is 21.4. The summed E-state index contributed by atoms with van der Waals surface area (Å²) in [6.45, 7) is 14.5. The minimum absolute atomic E-state index is 0.0329. The van der Waals surface area contributed by atoms with Crippen molar-refractivity contribution in [2.24, 2.45) is 0 Å². The molecule has 0 atom stereocenters. The van der Waals surface area contributed by atoms with Gasteiger partial charge in [-0.25, -0.2) is 15.0 Å². The summed E-state index contributed by atoms with van der Waals surface area (Å²) in [7, 11) is 0. The Bertz CT molecular complexity index is 1350. The van der Waals surface area contributed by atoms with Crippen LogP contribution in [0.5, 0.6) is 0 Å². The molecule has 0 fully saturated rings. The van der Waals surface area contributed by atoms with Crippen molar-refractivity contribution < 1.29 is 0 Å². The van der Waals surface area contributed by atoms with Gasteiger partial charge in [-0.2, -0.15) is 21.0 Å². The Labute approximate surface area is 167 Å². The van der Waals surface area contributed by atoms with E-state index in [0.29, 0.717) is 0 Å². The normalized spacial score (nSPS) is 9.80. The molecule has 4 aromatic rings. The van der Waals surface area contributed by atoms with Crippen molar-refractivity contribution in [3.8, 4) is 24.3 Å². The molecule has 0 unspecified atom stereocenters. The number of benzene rings is 1. The number of hydrogen-bond donors (Lipinski definition) is 0. The summed E-state index contributed by atoms with van der Waals surface area (Å²) in [5.41, 5.74) is -0.365. The Morgan fingerprint density at radius 1 is 0.600 bits per heavy atom. The van der Waals surface area contributed by atoms with Gasteiger partial charge in [0.05, 0.1) is 5.56 Å². The van der Waals surface area contributed by atoms with E-state index < -0.39 is 0 Å². The molecular weight excluding hydrogens is 382 g/mol. The Morgan fingerprint density at radius 3 is 1.50 bits per heavy atom. The van der Waals surface area contributed by atoms with Gasteiger partial charge in [-0.1, -0.05) is 13.1 Å². The van der Waals surface area contributed by atoms with Crippen LogP contribution in [-0.4, -0.2) is 24.9 Å². The van der Waals surface area contributed by atoms with Crippen LogP contribution in [0.3, 0.4) is 0 Å². The zero-order valence-corrected chi connectivity index (χ0v) is 14.5. The highest BCUT2D eigenvalue weighted by molar-refractivity contribution is 6.20. The predicted octanol–water partition coefficient (Wildman–Crippen LogP) is 2.71. The van der Waals surface area contributed by atoms with Gasteiger partial charge in [0.25, 0.3) is 0 Å². The maximum Gasteiger partial charge on any atom is 0.307 e. The molecule has 132 valence electrons. The van der Waals surface area contributed by atoms with Crippen molar-refractivity contribution in [3.05, 3.63) is 51.5 Å². The summed E-state index contributed by atoms with van der Waals surface area (Å²) in [5, 5.41) is 37.6. The predicted molar refractivity (Wildman–Crippen MR) is 99.3 cm³/mol. The van der Waals surface area contributed by atoms with E-state index in [-0.39, 0.29) is 67.3 Å². The minimum Gasteiger partial charge on any atom is -0.358 e. The first-order chi connectivity index (χ1) is 14.6. The first-order valence-electron chi connectivity index (χ1n) is 7.85. The molecule has 0 aliphatic carbocycles. The Morgan fingerprint density at radius 2 is 1.03 bits per heavy atom. The second kappa shape index (κ2) is 6.45. The molecule has 3 aromatic heterocycles. The highest BCUT2D eigenvalue weighted by atomic mass is 15.0. The lowest BCUT2D eigenvalue weighted by molar-refractivity contribution is 1.23. The van der Waals surface area contributed by atoms with E-state index in [1.807, 2.05) is 12.1 Å². The van der Waals surface area contributed by atoms with Crippen LogP contribution in [0, 0.1) is 58.5 Å². The van der Waals surface area contributed by atoms with E-state index in [9.17, 15) is 21.0 Å². The molecule has 0 aliphatic heterocycles. The topological polar surface area (TPSA) is 168 Å².